The lowest BCUT2D eigenvalue weighted by Crippen LogP contribution is -2.07. The van der Waals surface area contributed by atoms with Crippen molar-refractivity contribution in [3.05, 3.63) is 35.4 Å². The third-order valence-electron chi connectivity index (χ3n) is 3.41. The van der Waals surface area contributed by atoms with Crippen LogP contribution in [0.3, 0.4) is 0 Å². The molecular weight excluding hydrogens is 250 g/mol. The van der Waals surface area contributed by atoms with E-state index in [4.69, 9.17) is 4.74 Å². The van der Waals surface area contributed by atoms with Crippen LogP contribution in [0.25, 0.3) is 11.3 Å². The minimum Gasteiger partial charge on any atom is -0.497 e. The molecule has 1 N–H and O–H groups in total. The maximum absolute atomic E-state index is 5.26. The molecule has 20 heavy (non-hydrogen) atoms. The molecule has 1 aromatic carbocycles. The molecule has 0 aliphatic carbocycles. The highest BCUT2D eigenvalue weighted by Crippen LogP contribution is 2.28. The van der Waals surface area contributed by atoms with E-state index in [0.29, 0.717) is 0 Å². The number of methoxy groups -OCH3 is 1. The maximum atomic E-state index is 5.26. The summed E-state index contributed by atoms with van der Waals surface area (Å²) >= 11 is 0. The maximum Gasteiger partial charge on any atom is 0.151 e. The molecule has 0 saturated heterocycles. The van der Waals surface area contributed by atoms with E-state index < -0.39 is 0 Å². The molecule has 1 aromatic heterocycles. The molecule has 0 bridgehead atoms. The van der Waals surface area contributed by atoms with E-state index in [1.165, 1.54) is 0 Å². The molecule has 0 aliphatic heterocycles. The van der Waals surface area contributed by atoms with Crippen LogP contribution in [0.15, 0.2) is 24.3 Å². The third kappa shape index (κ3) is 2.90. The first-order valence-corrected chi connectivity index (χ1v) is 6.89. The topological polar surface area (TPSA) is 47.0 Å². The van der Waals surface area contributed by atoms with Gasteiger partial charge in [0.2, 0.25) is 0 Å². The van der Waals surface area contributed by atoms with Gasteiger partial charge in [-0.15, -0.1) is 10.2 Å². The van der Waals surface area contributed by atoms with Crippen LogP contribution in [-0.2, 0) is 0 Å². The number of ether oxygens (including phenoxy) is 1. The summed E-state index contributed by atoms with van der Waals surface area (Å²) in [6.45, 7) is 7.20. The Hall–Kier alpha value is -2.10. The lowest BCUT2D eigenvalue weighted by molar-refractivity contribution is 0.415. The predicted molar refractivity (Wildman–Crippen MR) is 82.3 cm³/mol. The Morgan fingerprint density at radius 1 is 1.15 bits per heavy atom. The van der Waals surface area contributed by atoms with Gasteiger partial charge < -0.3 is 10.1 Å². The van der Waals surface area contributed by atoms with Crippen molar-refractivity contribution in [1.29, 1.82) is 0 Å². The molecule has 0 atom stereocenters. The average Bonchev–Trinajstić information content (AvgIpc) is 2.49. The zero-order valence-corrected chi connectivity index (χ0v) is 12.5. The van der Waals surface area contributed by atoms with Crippen molar-refractivity contribution in [3.8, 4) is 17.0 Å². The van der Waals surface area contributed by atoms with E-state index in [1.54, 1.807) is 7.11 Å². The van der Waals surface area contributed by atoms with Crippen molar-refractivity contribution in [2.75, 3.05) is 19.0 Å². The zero-order valence-electron chi connectivity index (χ0n) is 12.5. The SMILES string of the molecule is CCCNc1nnc(-c2cccc(OC)c2)c(C)c1C. The minimum absolute atomic E-state index is 0.828. The Labute approximate surface area is 120 Å². The van der Waals surface area contributed by atoms with Gasteiger partial charge in [0.1, 0.15) is 5.75 Å². The normalized spacial score (nSPS) is 10.4. The molecule has 4 nitrogen and oxygen atoms in total. The minimum atomic E-state index is 0.828. The first-order chi connectivity index (χ1) is 9.67. The number of benzene rings is 1. The van der Waals surface area contributed by atoms with Crippen molar-refractivity contribution in [2.24, 2.45) is 0 Å². The number of hydrogen-bond donors (Lipinski definition) is 1. The summed E-state index contributed by atoms with van der Waals surface area (Å²) in [5, 5.41) is 12.0. The van der Waals surface area contributed by atoms with Gasteiger partial charge >= 0.3 is 0 Å². The van der Waals surface area contributed by atoms with Gasteiger partial charge in [-0.05, 0) is 43.5 Å². The summed E-state index contributed by atoms with van der Waals surface area (Å²) in [6, 6.07) is 7.90. The van der Waals surface area contributed by atoms with Crippen LogP contribution in [-0.4, -0.2) is 23.9 Å². The van der Waals surface area contributed by atoms with Crippen LogP contribution in [0.2, 0.25) is 0 Å². The van der Waals surface area contributed by atoms with E-state index in [0.717, 1.165) is 46.9 Å². The molecule has 0 amide bonds. The number of hydrogen-bond acceptors (Lipinski definition) is 4. The van der Waals surface area contributed by atoms with E-state index in [2.05, 4.69) is 36.3 Å². The third-order valence-corrected chi connectivity index (χ3v) is 3.41. The van der Waals surface area contributed by atoms with Gasteiger partial charge in [-0.3, -0.25) is 0 Å². The highest BCUT2D eigenvalue weighted by atomic mass is 16.5. The first-order valence-electron chi connectivity index (χ1n) is 6.89. The van der Waals surface area contributed by atoms with Crippen LogP contribution >= 0.6 is 0 Å². The van der Waals surface area contributed by atoms with Crippen LogP contribution in [0.1, 0.15) is 24.5 Å². The van der Waals surface area contributed by atoms with Crippen LogP contribution in [0.4, 0.5) is 5.82 Å². The molecule has 2 rings (SSSR count). The smallest absolute Gasteiger partial charge is 0.151 e. The van der Waals surface area contributed by atoms with Gasteiger partial charge in [-0.2, -0.15) is 0 Å². The fraction of sp³-hybridized carbons (Fsp3) is 0.375. The largest absolute Gasteiger partial charge is 0.497 e. The van der Waals surface area contributed by atoms with Crippen molar-refractivity contribution in [1.82, 2.24) is 10.2 Å². The molecule has 0 spiro atoms. The molecule has 0 radical (unpaired) electrons. The second kappa shape index (κ2) is 6.37. The standard InChI is InChI=1S/C16H21N3O/c1-5-9-17-16-12(3)11(2)15(18-19-16)13-7-6-8-14(10-13)20-4/h6-8,10H,5,9H2,1-4H3,(H,17,19). The van der Waals surface area contributed by atoms with Crippen LogP contribution < -0.4 is 10.1 Å². The van der Waals surface area contributed by atoms with Crippen molar-refractivity contribution in [3.63, 3.8) is 0 Å². The lowest BCUT2D eigenvalue weighted by Gasteiger charge is -2.12. The molecule has 106 valence electrons. The Bertz CT molecular complexity index is 596. The van der Waals surface area contributed by atoms with E-state index in [-0.39, 0.29) is 0 Å². The van der Waals surface area contributed by atoms with E-state index in [1.807, 2.05) is 24.3 Å². The summed E-state index contributed by atoms with van der Waals surface area (Å²) in [7, 11) is 1.67. The van der Waals surface area contributed by atoms with Gasteiger partial charge in [-0.1, -0.05) is 19.1 Å². The molecule has 4 heteroatoms. The highest BCUT2D eigenvalue weighted by molar-refractivity contribution is 5.67. The second-order valence-corrected chi connectivity index (χ2v) is 4.81. The summed E-state index contributed by atoms with van der Waals surface area (Å²) < 4.78 is 5.26. The van der Waals surface area contributed by atoms with E-state index in [9.17, 15) is 0 Å². The number of anilines is 1. The van der Waals surface area contributed by atoms with Crippen LogP contribution in [0.5, 0.6) is 5.75 Å². The molecular formula is C16H21N3O. The Balaban J connectivity index is 2.40. The molecule has 1 heterocycles. The number of nitrogens with zero attached hydrogens (tertiary/aromatic N) is 2. The average molecular weight is 271 g/mol. The lowest BCUT2D eigenvalue weighted by atomic mass is 10.0. The molecule has 0 aliphatic rings. The number of aromatic nitrogens is 2. The monoisotopic (exact) mass is 271 g/mol. The Morgan fingerprint density at radius 3 is 2.65 bits per heavy atom. The summed E-state index contributed by atoms with van der Waals surface area (Å²) in [6.07, 6.45) is 1.07. The van der Waals surface area contributed by atoms with Gasteiger partial charge in [0.05, 0.1) is 12.8 Å². The fourth-order valence-electron chi connectivity index (χ4n) is 2.06. The Morgan fingerprint density at radius 2 is 1.95 bits per heavy atom. The van der Waals surface area contributed by atoms with E-state index >= 15 is 0 Å². The quantitative estimate of drug-likeness (QED) is 0.902. The zero-order chi connectivity index (χ0) is 14.5. The summed E-state index contributed by atoms with van der Waals surface area (Å²) in [5.74, 6) is 1.70. The predicted octanol–water partition coefficient (Wildman–Crippen LogP) is 3.59. The molecule has 2 aromatic rings. The van der Waals surface area contributed by atoms with Gasteiger partial charge in [0.25, 0.3) is 0 Å². The summed E-state index contributed by atoms with van der Waals surface area (Å²) in [4.78, 5) is 0. The molecule has 0 unspecified atom stereocenters. The van der Waals surface area contributed by atoms with Gasteiger partial charge in [0.15, 0.2) is 5.82 Å². The van der Waals surface area contributed by atoms with Crippen molar-refractivity contribution in [2.45, 2.75) is 27.2 Å². The van der Waals surface area contributed by atoms with Crippen molar-refractivity contribution >= 4 is 5.82 Å². The van der Waals surface area contributed by atoms with Crippen LogP contribution in [0, 0.1) is 13.8 Å². The first kappa shape index (κ1) is 14.3. The van der Waals surface area contributed by atoms with Crippen molar-refractivity contribution < 1.29 is 4.74 Å². The fourth-order valence-corrected chi connectivity index (χ4v) is 2.06. The van der Waals surface area contributed by atoms with Gasteiger partial charge in [-0.25, -0.2) is 0 Å². The number of rotatable bonds is 5. The summed E-state index contributed by atoms with van der Waals surface area (Å²) in [5.41, 5.74) is 4.22. The highest BCUT2D eigenvalue weighted by Gasteiger charge is 2.11. The number of nitrogens with one attached hydrogen (secondary N) is 1. The molecule has 0 saturated carbocycles. The van der Waals surface area contributed by atoms with Gasteiger partial charge in [0, 0.05) is 12.1 Å². The Kier molecular flexibility index (Phi) is 4.56. The second-order valence-electron chi connectivity index (χ2n) is 4.81. The molecule has 0 fully saturated rings.